The van der Waals surface area contributed by atoms with E-state index in [9.17, 15) is 4.79 Å². The average Bonchev–Trinajstić information content (AvgIpc) is 2.39. The van der Waals surface area contributed by atoms with Crippen LogP contribution in [0.25, 0.3) is 0 Å². The summed E-state index contributed by atoms with van der Waals surface area (Å²) < 4.78 is 0. The van der Waals surface area contributed by atoms with E-state index in [1.54, 1.807) is 0 Å². The molecular weight excluding hydrogens is 214 g/mol. The molecule has 0 spiro atoms. The van der Waals surface area contributed by atoms with Gasteiger partial charge >= 0.3 is 0 Å². The van der Waals surface area contributed by atoms with Gasteiger partial charge in [-0.15, -0.1) is 0 Å². The summed E-state index contributed by atoms with van der Waals surface area (Å²) >= 11 is 0. The summed E-state index contributed by atoms with van der Waals surface area (Å²) in [5.41, 5.74) is 0. The Bertz CT molecular complexity index is 269. The molecule has 98 valence electrons. The zero-order valence-electron chi connectivity index (χ0n) is 11.1. The van der Waals surface area contributed by atoms with Gasteiger partial charge in [-0.1, -0.05) is 6.92 Å². The summed E-state index contributed by atoms with van der Waals surface area (Å²) in [5, 5.41) is 3.14. The van der Waals surface area contributed by atoms with Crippen LogP contribution in [0.4, 0.5) is 0 Å². The Balaban J connectivity index is 1.98. The summed E-state index contributed by atoms with van der Waals surface area (Å²) in [4.78, 5) is 16.9. The van der Waals surface area contributed by atoms with E-state index >= 15 is 0 Å². The number of likely N-dealkylation sites (tertiary alicyclic amines) is 2. The van der Waals surface area contributed by atoms with Gasteiger partial charge in [-0.05, 0) is 45.8 Å². The lowest BCUT2D eigenvalue weighted by Crippen LogP contribution is -2.57. The van der Waals surface area contributed by atoms with Crippen LogP contribution < -0.4 is 5.32 Å². The molecule has 2 fully saturated rings. The van der Waals surface area contributed by atoms with Crippen LogP contribution >= 0.6 is 0 Å². The molecule has 4 nitrogen and oxygen atoms in total. The quantitative estimate of drug-likeness (QED) is 0.787. The van der Waals surface area contributed by atoms with Crippen molar-refractivity contribution in [2.24, 2.45) is 0 Å². The summed E-state index contributed by atoms with van der Waals surface area (Å²) in [7, 11) is 1.89. The normalized spacial score (nSPS) is 31.9. The number of carbonyl (C=O) groups is 1. The fraction of sp³-hybridized carbons (Fsp3) is 0.923. The fourth-order valence-electron chi connectivity index (χ4n) is 3.10. The van der Waals surface area contributed by atoms with Gasteiger partial charge in [-0.25, -0.2) is 0 Å². The van der Waals surface area contributed by atoms with Crippen molar-refractivity contribution in [3.8, 4) is 0 Å². The second kappa shape index (κ2) is 5.83. The molecule has 0 aromatic heterocycles. The molecule has 1 N–H and O–H groups in total. The Morgan fingerprint density at radius 2 is 2.06 bits per heavy atom. The summed E-state index contributed by atoms with van der Waals surface area (Å²) in [6.07, 6.45) is 4.54. The molecular formula is C13H25N3O. The van der Waals surface area contributed by atoms with Crippen LogP contribution in [0, 0.1) is 0 Å². The number of nitrogens with zero attached hydrogens (tertiary/aromatic N) is 2. The third kappa shape index (κ3) is 2.80. The van der Waals surface area contributed by atoms with Crippen LogP contribution in [0.2, 0.25) is 0 Å². The molecule has 2 aliphatic heterocycles. The van der Waals surface area contributed by atoms with Gasteiger partial charge in [0.25, 0.3) is 0 Å². The molecule has 2 unspecified atom stereocenters. The molecule has 0 bridgehead atoms. The molecule has 0 aromatic carbocycles. The minimum absolute atomic E-state index is 0.0563. The maximum atomic E-state index is 12.3. The van der Waals surface area contributed by atoms with Crippen molar-refractivity contribution >= 4 is 5.91 Å². The van der Waals surface area contributed by atoms with Crippen molar-refractivity contribution in [1.82, 2.24) is 15.1 Å². The second-order valence-corrected chi connectivity index (χ2v) is 5.20. The number of hydrogen-bond acceptors (Lipinski definition) is 3. The van der Waals surface area contributed by atoms with Crippen molar-refractivity contribution in [2.45, 2.75) is 44.7 Å². The van der Waals surface area contributed by atoms with Crippen LogP contribution in [0.15, 0.2) is 0 Å². The minimum Gasteiger partial charge on any atom is -0.337 e. The van der Waals surface area contributed by atoms with Crippen LogP contribution in [0.1, 0.15) is 32.6 Å². The lowest BCUT2D eigenvalue weighted by molar-refractivity contribution is -0.139. The van der Waals surface area contributed by atoms with Crippen LogP contribution in [0.5, 0.6) is 0 Å². The van der Waals surface area contributed by atoms with Crippen molar-refractivity contribution in [1.29, 1.82) is 0 Å². The zero-order valence-corrected chi connectivity index (χ0v) is 11.1. The first-order valence-corrected chi connectivity index (χ1v) is 6.96. The van der Waals surface area contributed by atoms with Gasteiger partial charge in [0.2, 0.25) is 5.91 Å². The van der Waals surface area contributed by atoms with Gasteiger partial charge < -0.3 is 15.1 Å². The van der Waals surface area contributed by atoms with E-state index < -0.39 is 0 Å². The Kier molecular flexibility index (Phi) is 4.40. The predicted octanol–water partition coefficient (Wildman–Crippen LogP) is 0.681. The predicted molar refractivity (Wildman–Crippen MR) is 68.9 cm³/mol. The summed E-state index contributed by atoms with van der Waals surface area (Å²) in [6, 6.07) is 0.508. The van der Waals surface area contributed by atoms with Crippen LogP contribution in [-0.4, -0.2) is 61.0 Å². The molecule has 2 rings (SSSR count). The molecule has 2 heterocycles. The largest absolute Gasteiger partial charge is 0.337 e. The standard InChI is InChI=1S/C13H25N3O/c1-3-15-8-4-6-11(10-15)16-9-5-7-12(14-2)13(16)17/h11-12,14H,3-10H2,1-2H3. The number of hydrogen-bond donors (Lipinski definition) is 1. The van der Waals surface area contributed by atoms with Crippen LogP contribution in [0.3, 0.4) is 0 Å². The lowest BCUT2D eigenvalue weighted by Gasteiger charge is -2.42. The molecule has 2 aliphatic rings. The SMILES string of the molecule is CCN1CCCC(N2CCCC(NC)C2=O)C1. The number of nitrogens with one attached hydrogen (secondary N) is 1. The molecule has 2 atom stereocenters. The summed E-state index contributed by atoms with van der Waals surface area (Å²) in [6.45, 7) is 6.53. The Hall–Kier alpha value is -0.610. The minimum atomic E-state index is 0.0563. The van der Waals surface area contributed by atoms with E-state index in [4.69, 9.17) is 0 Å². The van der Waals surface area contributed by atoms with E-state index in [0.717, 1.165) is 32.5 Å². The van der Waals surface area contributed by atoms with Gasteiger partial charge in [0.1, 0.15) is 0 Å². The number of likely N-dealkylation sites (N-methyl/N-ethyl adjacent to an activating group) is 2. The third-order valence-electron chi connectivity index (χ3n) is 4.19. The first-order chi connectivity index (χ1) is 8.26. The fourth-order valence-corrected chi connectivity index (χ4v) is 3.10. The monoisotopic (exact) mass is 239 g/mol. The molecule has 4 heteroatoms. The molecule has 17 heavy (non-hydrogen) atoms. The molecule has 0 aliphatic carbocycles. The van der Waals surface area contributed by atoms with Gasteiger partial charge in [-0.2, -0.15) is 0 Å². The Labute approximate surface area is 104 Å². The number of rotatable bonds is 3. The van der Waals surface area contributed by atoms with E-state index in [-0.39, 0.29) is 6.04 Å². The highest BCUT2D eigenvalue weighted by Gasteiger charge is 2.33. The molecule has 1 amide bonds. The Morgan fingerprint density at radius 3 is 2.76 bits per heavy atom. The van der Waals surface area contributed by atoms with Crippen LogP contribution in [-0.2, 0) is 4.79 Å². The average molecular weight is 239 g/mol. The van der Waals surface area contributed by atoms with Gasteiger partial charge in [-0.3, -0.25) is 4.79 Å². The van der Waals surface area contributed by atoms with Gasteiger partial charge in [0.15, 0.2) is 0 Å². The lowest BCUT2D eigenvalue weighted by atomic mass is 9.98. The van der Waals surface area contributed by atoms with Crippen molar-refractivity contribution in [3.63, 3.8) is 0 Å². The highest BCUT2D eigenvalue weighted by Crippen LogP contribution is 2.21. The van der Waals surface area contributed by atoms with E-state index in [1.165, 1.54) is 19.4 Å². The topological polar surface area (TPSA) is 35.6 Å². The second-order valence-electron chi connectivity index (χ2n) is 5.20. The number of carbonyl (C=O) groups excluding carboxylic acids is 1. The molecule has 0 radical (unpaired) electrons. The van der Waals surface area contributed by atoms with E-state index in [1.807, 2.05) is 7.05 Å². The van der Waals surface area contributed by atoms with E-state index in [0.29, 0.717) is 11.9 Å². The number of piperidine rings is 2. The maximum absolute atomic E-state index is 12.3. The van der Waals surface area contributed by atoms with E-state index in [2.05, 4.69) is 22.0 Å². The first kappa shape index (κ1) is 12.8. The number of amides is 1. The highest BCUT2D eigenvalue weighted by molar-refractivity contribution is 5.82. The molecule has 2 saturated heterocycles. The van der Waals surface area contributed by atoms with Crippen molar-refractivity contribution in [2.75, 3.05) is 33.2 Å². The Morgan fingerprint density at radius 1 is 1.29 bits per heavy atom. The molecule has 0 saturated carbocycles. The molecule has 0 aromatic rings. The summed E-state index contributed by atoms with van der Waals surface area (Å²) in [5.74, 6) is 0.321. The van der Waals surface area contributed by atoms with Gasteiger partial charge in [0.05, 0.1) is 6.04 Å². The maximum Gasteiger partial charge on any atom is 0.239 e. The highest BCUT2D eigenvalue weighted by atomic mass is 16.2. The third-order valence-corrected chi connectivity index (χ3v) is 4.19. The van der Waals surface area contributed by atoms with Crippen molar-refractivity contribution < 1.29 is 4.79 Å². The zero-order chi connectivity index (χ0) is 12.3. The van der Waals surface area contributed by atoms with Crippen molar-refractivity contribution in [3.05, 3.63) is 0 Å². The van der Waals surface area contributed by atoms with Gasteiger partial charge in [0, 0.05) is 19.1 Å². The first-order valence-electron chi connectivity index (χ1n) is 6.96. The smallest absolute Gasteiger partial charge is 0.239 e.